The molecule has 0 bridgehead atoms. The lowest BCUT2D eigenvalue weighted by atomic mass is 10.1. The number of hydrogen-bond acceptors (Lipinski definition) is 4. The van der Waals surface area contributed by atoms with Crippen LogP contribution >= 0.6 is 0 Å². The van der Waals surface area contributed by atoms with Gasteiger partial charge in [0.15, 0.2) is 11.5 Å². The number of furan rings is 1. The highest BCUT2D eigenvalue weighted by Crippen LogP contribution is 2.55. The minimum atomic E-state index is 0.659. The minimum Gasteiger partial charge on any atom is -0.495 e. The number of para-hydroxylation sites is 3. The smallest absolute Gasteiger partial charge is 0.249 e. The van der Waals surface area contributed by atoms with E-state index in [1.807, 2.05) is 67.6 Å². The number of ether oxygens (including phenoxy) is 2. The third-order valence-corrected chi connectivity index (χ3v) is 4.63. The summed E-state index contributed by atoms with van der Waals surface area (Å²) in [5, 5.41) is 0.952. The van der Waals surface area contributed by atoms with Crippen LogP contribution in [0.5, 0.6) is 17.2 Å². The summed E-state index contributed by atoms with van der Waals surface area (Å²) in [4.78, 5) is 2.06. The molecule has 4 aromatic rings. The number of aryl methyl sites for hydroxylation is 1. The molecule has 0 atom stereocenters. The van der Waals surface area contributed by atoms with E-state index in [0.717, 1.165) is 45.2 Å². The van der Waals surface area contributed by atoms with Gasteiger partial charge < -0.3 is 13.9 Å². The summed E-state index contributed by atoms with van der Waals surface area (Å²) in [6.45, 7) is 2.05. The van der Waals surface area contributed by atoms with Gasteiger partial charge in [-0.1, -0.05) is 30.3 Å². The van der Waals surface area contributed by atoms with Crippen molar-refractivity contribution in [2.24, 2.45) is 0 Å². The van der Waals surface area contributed by atoms with E-state index < -0.39 is 0 Å². The number of anilines is 3. The zero-order valence-corrected chi connectivity index (χ0v) is 14.5. The van der Waals surface area contributed by atoms with E-state index in [0.29, 0.717) is 5.88 Å². The highest BCUT2D eigenvalue weighted by atomic mass is 16.5. The number of hydrogen-bond donors (Lipinski definition) is 0. The van der Waals surface area contributed by atoms with Crippen molar-refractivity contribution in [3.05, 3.63) is 72.3 Å². The lowest BCUT2D eigenvalue weighted by Crippen LogP contribution is -2.15. The highest BCUT2D eigenvalue weighted by Gasteiger charge is 2.32. The number of nitrogens with zero attached hydrogens (tertiary/aromatic N) is 1. The van der Waals surface area contributed by atoms with Gasteiger partial charge in [-0.25, -0.2) is 0 Å². The van der Waals surface area contributed by atoms with Crippen LogP contribution in [0.2, 0.25) is 0 Å². The standard InChI is InChI=1S/C22H17NO3/c1-14-11-12-17(20(13-14)24-2)23-16-8-4-6-10-19(16)25-21-15-7-3-5-9-18(15)26-22(21)23/h3-13H,1-2H3. The van der Waals surface area contributed by atoms with E-state index >= 15 is 0 Å². The summed E-state index contributed by atoms with van der Waals surface area (Å²) in [6, 6.07) is 22.0. The molecular weight excluding hydrogens is 326 g/mol. The summed E-state index contributed by atoms with van der Waals surface area (Å²) < 4.78 is 18.1. The number of benzene rings is 3. The molecular formula is C22H17NO3. The van der Waals surface area contributed by atoms with Crippen LogP contribution in [0.25, 0.3) is 11.0 Å². The molecule has 0 fully saturated rings. The first-order valence-electron chi connectivity index (χ1n) is 8.49. The van der Waals surface area contributed by atoms with Crippen molar-refractivity contribution in [2.45, 2.75) is 6.92 Å². The number of fused-ring (bicyclic) bond motifs is 4. The third-order valence-electron chi connectivity index (χ3n) is 4.63. The van der Waals surface area contributed by atoms with Crippen molar-refractivity contribution in [1.29, 1.82) is 0 Å². The predicted molar refractivity (Wildman–Crippen MR) is 102 cm³/mol. The molecule has 0 saturated heterocycles. The van der Waals surface area contributed by atoms with Crippen LogP contribution in [0, 0.1) is 6.92 Å². The van der Waals surface area contributed by atoms with Crippen molar-refractivity contribution >= 4 is 28.2 Å². The predicted octanol–water partition coefficient (Wildman–Crippen LogP) is 6.33. The van der Waals surface area contributed by atoms with Crippen molar-refractivity contribution < 1.29 is 13.9 Å². The molecule has 0 unspecified atom stereocenters. The normalized spacial score (nSPS) is 12.5. The summed E-state index contributed by atoms with van der Waals surface area (Å²) in [6.07, 6.45) is 0. The van der Waals surface area contributed by atoms with Gasteiger partial charge >= 0.3 is 0 Å². The van der Waals surface area contributed by atoms with E-state index in [-0.39, 0.29) is 0 Å². The van der Waals surface area contributed by atoms with E-state index in [4.69, 9.17) is 13.9 Å². The van der Waals surface area contributed by atoms with Gasteiger partial charge in [0.05, 0.1) is 23.9 Å². The van der Waals surface area contributed by atoms with Crippen LogP contribution in [-0.2, 0) is 0 Å². The minimum absolute atomic E-state index is 0.659. The molecule has 26 heavy (non-hydrogen) atoms. The van der Waals surface area contributed by atoms with E-state index in [1.54, 1.807) is 7.11 Å². The molecule has 128 valence electrons. The second kappa shape index (κ2) is 5.56. The fraction of sp³-hybridized carbons (Fsp3) is 0.0909. The molecule has 4 nitrogen and oxygen atoms in total. The molecule has 0 amide bonds. The molecule has 1 aliphatic heterocycles. The molecule has 0 radical (unpaired) electrons. The van der Waals surface area contributed by atoms with Crippen LogP contribution < -0.4 is 14.4 Å². The van der Waals surface area contributed by atoms with Gasteiger partial charge in [0.1, 0.15) is 11.3 Å². The lowest BCUT2D eigenvalue weighted by molar-refractivity contribution is 0.414. The van der Waals surface area contributed by atoms with Crippen LogP contribution in [0.4, 0.5) is 17.3 Å². The van der Waals surface area contributed by atoms with Crippen molar-refractivity contribution in [3.8, 4) is 17.2 Å². The van der Waals surface area contributed by atoms with Crippen LogP contribution in [-0.4, -0.2) is 7.11 Å². The first-order valence-corrected chi connectivity index (χ1v) is 8.49. The van der Waals surface area contributed by atoms with Gasteiger partial charge in [-0.2, -0.15) is 0 Å². The Morgan fingerprint density at radius 1 is 0.885 bits per heavy atom. The fourth-order valence-corrected chi connectivity index (χ4v) is 3.41. The zero-order valence-electron chi connectivity index (χ0n) is 14.5. The molecule has 2 heterocycles. The average Bonchev–Trinajstić information content (AvgIpc) is 3.04. The largest absolute Gasteiger partial charge is 0.495 e. The van der Waals surface area contributed by atoms with Gasteiger partial charge in [-0.05, 0) is 48.9 Å². The van der Waals surface area contributed by atoms with Gasteiger partial charge in [-0.15, -0.1) is 0 Å². The topological polar surface area (TPSA) is 34.8 Å². The van der Waals surface area contributed by atoms with Crippen molar-refractivity contribution in [2.75, 3.05) is 12.0 Å². The monoisotopic (exact) mass is 343 g/mol. The number of methoxy groups -OCH3 is 1. The molecule has 1 aromatic heterocycles. The Kier molecular flexibility index (Phi) is 3.19. The Bertz CT molecular complexity index is 1130. The Morgan fingerprint density at radius 3 is 2.58 bits per heavy atom. The first kappa shape index (κ1) is 14.9. The SMILES string of the molecule is COc1cc(C)ccc1N1c2ccccc2Oc2c1oc1ccccc21. The second-order valence-electron chi connectivity index (χ2n) is 6.31. The lowest BCUT2D eigenvalue weighted by Gasteiger charge is -2.30. The molecule has 0 spiro atoms. The molecule has 1 aliphatic rings. The maximum atomic E-state index is 6.20. The Balaban J connectivity index is 1.83. The average molecular weight is 343 g/mol. The summed E-state index contributed by atoms with van der Waals surface area (Å²) in [7, 11) is 1.68. The summed E-state index contributed by atoms with van der Waals surface area (Å²) in [5.41, 5.74) is 3.76. The van der Waals surface area contributed by atoms with E-state index in [9.17, 15) is 0 Å². The second-order valence-corrected chi connectivity index (χ2v) is 6.31. The summed E-state index contributed by atoms with van der Waals surface area (Å²) >= 11 is 0. The Labute approximate surface area is 151 Å². The van der Waals surface area contributed by atoms with Crippen molar-refractivity contribution in [1.82, 2.24) is 0 Å². The molecule has 0 aliphatic carbocycles. The van der Waals surface area contributed by atoms with E-state index in [1.165, 1.54) is 0 Å². The molecule has 5 rings (SSSR count). The molecule has 0 saturated carbocycles. The van der Waals surface area contributed by atoms with E-state index in [2.05, 4.69) is 11.0 Å². The maximum Gasteiger partial charge on any atom is 0.249 e. The molecule has 0 N–H and O–H groups in total. The van der Waals surface area contributed by atoms with Crippen LogP contribution in [0.1, 0.15) is 5.56 Å². The molecule has 3 aromatic carbocycles. The quantitative estimate of drug-likeness (QED) is 0.375. The highest BCUT2D eigenvalue weighted by molar-refractivity contribution is 5.97. The fourth-order valence-electron chi connectivity index (χ4n) is 3.41. The molecule has 4 heteroatoms. The van der Waals surface area contributed by atoms with Gasteiger partial charge in [0.2, 0.25) is 5.88 Å². The summed E-state index contributed by atoms with van der Waals surface area (Å²) in [5.74, 6) is 2.95. The van der Waals surface area contributed by atoms with Crippen LogP contribution in [0.3, 0.4) is 0 Å². The third kappa shape index (κ3) is 2.09. The maximum absolute atomic E-state index is 6.20. The van der Waals surface area contributed by atoms with Gasteiger partial charge in [0, 0.05) is 0 Å². The Morgan fingerprint density at radius 2 is 1.69 bits per heavy atom. The number of rotatable bonds is 2. The van der Waals surface area contributed by atoms with Crippen molar-refractivity contribution in [3.63, 3.8) is 0 Å². The van der Waals surface area contributed by atoms with Crippen LogP contribution in [0.15, 0.2) is 71.1 Å². The first-order chi connectivity index (χ1) is 12.8. The zero-order chi connectivity index (χ0) is 17.7. The van der Waals surface area contributed by atoms with Gasteiger partial charge in [0.25, 0.3) is 0 Å². The Hall–Kier alpha value is -3.40. The van der Waals surface area contributed by atoms with Gasteiger partial charge in [-0.3, -0.25) is 4.90 Å².